The normalized spacial score (nSPS) is 11.6. The van der Waals surface area contributed by atoms with Crippen LogP contribution in [0.4, 0.5) is 5.69 Å². The van der Waals surface area contributed by atoms with E-state index in [0.29, 0.717) is 30.1 Å². The van der Waals surface area contributed by atoms with Gasteiger partial charge in [-0.25, -0.2) is 13.2 Å². The predicted octanol–water partition coefficient (Wildman–Crippen LogP) is 2.81. The van der Waals surface area contributed by atoms with Crippen molar-refractivity contribution in [2.75, 3.05) is 11.3 Å². The lowest BCUT2D eigenvalue weighted by Gasteiger charge is -2.09. The third kappa shape index (κ3) is 3.39. The molecule has 1 aromatic heterocycles. The van der Waals surface area contributed by atoms with E-state index in [1.165, 1.54) is 16.7 Å². The summed E-state index contributed by atoms with van der Waals surface area (Å²) in [5.41, 5.74) is 1.21. The number of nitrogens with one attached hydrogen (secondary N) is 1. The highest BCUT2D eigenvalue weighted by Gasteiger charge is 2.17. The monoisotopic (exact) mass is 362 g/mol. The average Bonchev–Trinajstić information content (AvgIpc) is 2.90. The first-order valence-corrected chi connectivity index (χ1v) is 9.32. The molecule has 0 aliphatic rings. The summed E-state index contributed by atoms with van der Waals surface area (Å²) in [5.74, 6) is 0.154. The minimum atomic E-state index is -3.80. The minimum absolute atomic E-state index is 0.0193. The highest BCUT2D eigenvalue weighted by Crippen LogP contribution is 2.22. The van der Waals surface area contributed by atoms with Crippen molar-refractivity contribution in [1.29, 1.82) is 0 Å². The van der Waals surface area contributed by atoms with Crippen LogP contribution in [0.15, 0.2) is 56.6 Å². The van der Waals surface area contributed by atoms with Crippen LogP contribution in [-0.2, 0) is 16.6 Å². The predicted molar refractivity (Wildman–Crippen MR) is 94.6 cm³/mol. The molecule has 0 spiro atoms. The Kier molecular flexibility index (Phi) is 4.54. The Labute approximate surface area is 144 Å². The van der Waals surface area contributed by atoms with Crippen molar-refractivity contribution < 1.29 is 17.6 Å². The van der Waals surface area contributed by atoms with Gasteiger partial charge in [-0.1, -0.05) is 0 Å². The second-order valence-electron chi connectivity index (χ2n) is 5.30. The standard InChI is InChI=1S/C17H18N2O5S/c1-3-19-15-10-9-14(11-16(15)24-17(19)20)25(21,22)18-12-5-7-13(8-6-12)23-4-2/h5-11,18H,3-4H2,1-2H3. The van der Waals surface area contributed by atoms with E-state index in [1.807, 2.05) is 13.8 Å². The van der Waals surface area contributed by atoms with Crippen LogP contribution in [0, 0.1) is 0 Å². The Morgan fingerprint density at radius 2 is 1.84 bits per heavy atom. The van der Waals surface area contributed by atoms with Crippen molar-refractivity contribution in [3.8, 4) is 5.75 Å². The fourth-order valence-electron chi connectivity index (χ4n) is 2.51. The number of sulfonamides is 1. The summed E-state index contributed by atoms with van der Waals surface area (Å²) in [4.78, 5) is 11.7. The van der Waals surface area contributed by atoms with Crippen molar-refractivity contribution in [2.45, 2.75) is 25.3 Å². The topological polar surface area (TPSA) is 90.5 Å². The van der Waals surface area contributed by atoms with E-state index >= 15 is 0 Å². The maximum absolute atomic E-state index is 12.5. The zero-order valence-corrected chi connectivity index (χ0v) is 14.7. The molecule has 3 aromatic rings. The Hall–Kier alpha value is -2.74. The zero-order chi connectivity index (χ0) is 18.0. The number of aromatic nitrogens is 1. The van der Waals surface area contributed by atoms with E-state index in [-0.39, 0.29) is 10.5 Å². The largest absolute Gasteiger partial charge is 0.494 e. The molecule has 8 heteroatoms. The lowest BCUT2D eigenvalue weighted by Crippen LogP contribution is -2.13. The fourth-order valence-corrected chi connectivity index (χ4v) is 3.59. The number of nitrogens with zero attached hydrogens (tertiary/aromatic N) is 1. The number of rotatable bonds is 6. The average molecular weight is 362 g/mol. The van der Waals surface area contributed by atoms with Crippen LogP contribution in [0.2, 0.25) is 0 Å². The van der Waals surface area contributed by atoms with E-state index in [4.69, 9.17) is 9.15 Å². The first-order valence-electron chi connectivity index (χ1n) is 7.83. The third-order valence-electron chi connectivity index (χ3n) is 3.68. The SMILES string of the molecule is CCOc1ccc(NS(=O)(=O)c2ccc3c(c2)oc(=O)n3CC)cc1. The van der Waals surface area contributed by atoms with E-state index in [0.717, 1.165) is 0 Å². The van der Waals surface area contributed by atoms with E-state index < -0.39 is 15.8 Å². The van der Waals surface area contributed by atoms with Gasteiger partial charge in [-0.2, -0.15) is 0 Å². The van der Waals surface area contributed by atoms with Crippen molar-refractivity contribution in [3.05, 3.63) is 53.0 Å². The number of oxazole rings is 1. The third-order valence-corrected chi connectivity index (χ3v) is 5.06. The van der Waals surface area contributed by atoms with E-state index in [1.54, 1.807) is 30.3 Å². The zero-order valence-electron chi connectivity index (χ0n) is 13.9. The number of benzene rings is 2. The molecule has 25 heavy (non-hydrogen) atoms. The van der Waals surface area contributed by atoms with Crippen LogP contribution < -0.4 is 15.2 Å². The van der Waals surface area contributed by atoms with Gasteiger partial charge in [-0.05, 0) is 50.2 Å². The first-order chi connectivity index (χ1) is 11.9. The van der Waals surface area contributed by atoms with Gasteiger partial charge in [-0.3, -0.25) is 9.29 Å². The van der Waals surface area contributed by atoms with Crippen LogP contribution in [0.3, 0.4) is 0 Å². The molecule has 0 amide bonds. The summed E-state index contributed by atoms with van der Waals surface area (Å²) in [7, 11) is -3.80. The highest BCUT2D eigenvalue weighted by atomic mass is 32.2. The quantitative estimate of drug-likeness (QED) is 0.728. The van der Waals surface area contributed by atoms with Crippen molar-refractivity contribution in [3.63, 3.8) is 0 Å². The van der Waals surface area contributed by atoms with Gasteiger partial charge in [0.25, 0.3) is 10.0 Å². The number of hydrogen-bond acceptors (Lipinski definition) is 5. The lowest BCUT2D eigenvalue weighted by atomic mass is 10.3. The molecule has 7 nitrogen and oxygen atoms in total. The summed E-state index contributed by atoms with van der Waals surface area (Å²) in [5, 5.41) is 0. The molecule has 0 aliphatic heterocycles. The molecule has 1 heterocycles. The van der Waals surface area contributed by atoms with Crippen molar-refractivity contribution in [1.82, 2.24) is 4.57 Å². The molecule has 132 valence electrons. The Bertz CT molecular complexity index is 1050. The molecule has 0 radical (unpaired) electrons. The molecule has 0 aliphatic carbocycles. The summed E-state index contributed by atoms with van der Waals surface area (Å²) in [6, 6.07) is 11.0. The van der Waals surface area contributed by atoms with Gasteiger partial charge in [0, 0.05) is 18.3 Å². The number of anilines is 1. The molecule has 0 fully saturated rings. The summed E-state index contributed by atoms with van der Waals surface area (Å²) in [6.07, 6.45) is 0. The molecule has 0 saturated heterocycles. The van der Waals surface area contributed by atoms with Crippen LogP contribution in [0.1, 0.15) is 13.8 Å². The smallest absolute Gasteiger partial charge is 0.419 e. The Morgan fingerprint density at radius 1 is 1.12 bits per heavy atom. The molecular formula is C17H18N2O5S. The van der Waals surface area contributed by atoms with Gasteiger partial charge in [0.1, 0.15) is 5.75 Å². The summed E-state index contributed by atoms with van der Waals surface area (Å²) >= 11 is 0. The molecule has 0 saturated carbocycles. The van der Waals surface area contributed by atoms with Crippen LogP contribution in [0.5, 0.6) is 5.75 Å². The van der Waals surface area contributed by atoms with Gasteiger partial charge in [0.15, 0.2) is 5.58 Å². The first kappa shape index (κ1) is 17.1. The van der Waals surface area contributed by atoms with Gasteiger partial charge in [-0.15, -0.1) is 0 Å². The lowest BCUT2D eigenvalue weighted by molar-refractivity contribution is 0.340. The number of fused-ring (bicyclic) bond motifs is 1. The molecule has 1 N–H and O–H groups in total. The molecule has 0 atom stereocenters. The van der Waals surface area contributed by atoms with Gasteiger partial charge < -0.3 is 9.15 Å². The Morgan fingerprint density at radius 3 is 2.48 bits per heavy atom. The molecule has 0 unspecified atom stereocenters. The highest BCUT2D eigenvalue weighted by molar-refractivity contribution is 7.92. The maximum Gasteiger partial charge on any atom is 0.419 e. The fraction of sp³-hybridized carbons (Fsp3) is 0.235. The molecule has 2 aromatic carbocycles. The van der Waals surface area contributed by atoms with Gasteiger partial charge in [0.05, 0.1) is 17.0 Å². The van der Waals surface area contributed by atoms with Gasteiger partial charge in [0.2, 0.25) is 0 Å². The second kappa shape index (κ2) is 6.64. The van der Waals surface area contributed by atoms with Crippen LogP contribution in [-0.4, -0.2) is 19.6 Å². The summed E-state index contributed by atoms with van der Waals surface area (Å²) < 4.78 is 39.5. The summed E-state index contributed by atoms with van der Waals surface area (Å²) in [6.45, 7) is 4.67. The molecular weight excluding hydrogens is 344 g/mol. The van der Waals surface area contributed by atoms with Crippen LogP contribution >= 0.6 is 0 Å². The minimum Gasteiger partial charge on any atom is -0.494 e. The van der Waals surface area contributed by atoms with E-state index in [2.05, 4.69) is 4.72 Å². The maximum atomic E-state index is 12.5. The molecule has 3 rings (SSSR count). The number of aryl methyl sites for hydroxylation is 1. The van der Waals surface area contributed by atoms with Crippen LogP contribution in [0.25, 0.3) is 11.1 Å². The molecule has 0 bridgehead atoms. The number of ether oxygens (including phenoxy) is 1. The van der Waals surface area contributed by atoms with Crippen molar-refractivity contribution >= 4 is 26.8 Å². The van der Waals surface area contributed by atoms with Gasteiger partial charge >= 0.3 is 5.76 Å². The number of hydrogen-bond donors (Lipinski definition) is 1. The van der Waals surface area contributed by atoms with E-state index in [9.17, 15) is 13.2 Å². The Balaban J connectivity index is 1.91. The van der Waals surface area contributed by atoms with Crippen molar-refractivity contribution in [2.24, 2.45) is 0 Å². The second-order valence-corrected chi connectivity index (χ2v) is 6.99.